The molecule has 2 heterocycles. The predicted octanol–water partition coefficient (Wildman–Crippen LogP) is 4.28. The van der Waals surface area contributed by atoms with Gasteiger partial charge in [0.2, 0.25) is 0 Å². The van der Waals surface area contributed by atoms with Crippen molar-refractivity contribution in [3.8, 4) is 5.75 Å². The molecule has 1 saturated heterocycles. The van der Waals surface area contributed by atoms with Crippen LogP contribution < -0.4 is 10.1 Å². The third-order valence-electron chi connectivity index (χ3n) is 4.95. The first-order valence-electron chi connectivity index (χ1n) is 9.16. The summed E-state index contributed by atoms with van der Waals surface area (Å²) in [7, 11) is 1.64. The van der Waals surface area contributed by atoms with Gasteiger partial charge < -0.3 is 19.9 Å². The van der Waals surface area contributed by atoms with Crippen molar-refractivity contribution in [3.05, 3.63) is 46.7 Å². The van der Waals surface area contributed by atoms with E-state index in [0.717, 1.165) is 43.9 Å². The second-order valence-corrected chi connectivity index (χ2v) is 7.56. The van der Waals surface area contributed by atoms with Crippen LogP contribution in [-0.2, 0) is 6.54 Å². The van der Waals surface area contributed by atoms with E-state index < -0.39 is 0 Å². The van der Waals surface area contributed by atoms with Gasteiger partial charge in [-0.25, -0.2) is 4.79 Å². The normalized spacial score (nSPS) is 15.6. The van der Waals surface area contributed by atoms with Crippen molar-refractivity contribution in [1.29, 1.82) is 0 Å². The van der Waals surface area contributed by atoms with Crippen LogP contribution in [0.15, 0.2) is 41.8 Å². The lowest BCUT2D eigenvalue weighted by Gasteiger charge is -2.38. The number of methoxy groups -OCH3 is 1. The van der Waals surface area contributed by atoms with Crippen molar-refractivity contribution in [1.82, 2.24) is 9.80 Å². The van der Waals surface area contributed by atoms with E-state index >= 15 is 0 Å². The standard InChI is InChI=1S/C20H27N3O2S/c1-3-22-12-10-17(11-13-22)23(15-19-5-4-14-26-19)20(24)21-16-6-8-18(25-2)9-7-16/h4-9,14,17H,3,10-13,15H2,1-2H3,(H,21,24). The summed E-state index contributed by atoms with van der Waals surface area (Å²) < 4.78 is 5.18. The molecule has 0 atom stereocenters. The van der Waals surface area contributed by atoms with Gasteiger partial charge in [-0.15, -0.1) is 11.3 Å². The zero-order chi connectivity index (χ0) is 18.4. The molecule has 3 rings (SSSR count). The maximum Gasteiger partial charge on any atom is 0.322 e. The number of carbonyl (C=O) groups is 1. The number of hydrogen-bond donors (Lipinski definition) is 1. The maximum absolute atomic E-state index is 13.0. The molecule has 1 N–H and O–H groups in total. The fraction of sp³-hybridized carbons (Fsp3) is 0.450. The number of urea groups is 1. The number of benzene rings is 1. The molecule has 2 amide bonds. The van der Waals surface area contributed by atoms with Crippen LogP contribution in [0.3, 0.4) is 0 Å². The molecular formula is C20H27N3O2S. The number of nitrogens with zero attached hydrogens (tertiary/aromatic N) is 2. The minimum absolute atomic E-state index is 0.0292. The number of ether oxygens (including phenoxy) is 1. The van der Waals surface area contributed by atoms with Crippen LogP contribution in [0.2, 0.25) is 0 Å². The van der Waals surface area contributed by atoms with E-state index in [4.69, 9.17) is 4.74 Å². The van der Waals surface area contributed by atoms with Gasteiger partial charge >= 0.3 is 6.03 Å². The van der Waals surface area contributed by atoms with Crippen LogP contribution >= 0.6 is 11.3 Å². The summed E-state index contributed by atoms with van der Waals surface area (Å²) in [5, 5.41) is 5.11. The van der Waals surface area contributed by atoms with E-state index in [1.807, 2.05) is 35.2 Å². The Balaban J connectivity index is 1.70. The number of likely N-dealkylation sites (tertiary alicyclic amines) is 1. The van der Waals surface area contributed by atoms with Crippen LogP contribution in [0.4, 0.5) is 10.5 Å². The third kappa shape index (κ3) is 4.77. The van der Waals surface area contributed by atoms with E-state index in [9.17, 15) is 4.79 Å². The van der Waals surface area contributed by atoms with Crippen LogP contribution in [0.1, 0.15) is 24.6 Å². The fourth-order valence-electron chi connectivity index (χ4n) is 3.35. The highest BCUT2D eigenvalue weighted by Crippen LogP contribution is 2.23. The van der Waals surface area contributed by atoms with E-state index in [2.05, 4.69) is 28.6 Å². The molecule has 0 saturated carbocycles. The number of anilines is 1. The van der Waals surface area contributed by atoms with E-state index in [0.29, 0.717) is 6.54 Å². The molecule has 0 spiro atoms. The SMILES string of the molecule is CCN1CCC(N(Cc2cccs2)C(=O)Nc2ccc(OC)cc2)CC1. The number of nitrogens with one attached hydrogen (secondary N) is 1. The first-order valence-corrected chi connectivity index (χ1v) is 10.0. The zero-order valence-corrected chi connectivity index (χ0v) is 16.3. The summed E-state index contributed by atoms with van der Waals surface area (Å²) in [5.41, 5.74) is 0.790. The molecule has 1 aliphatic rings. The summed E-state index contributed by atoms with van der Waals surface area (Å²) in [5.74, 6) is 0.783. The largest absolute Gasteiger partial charge is 0.497 e. The maximum atomic E-state index is 13.0. The van der Waals surface area contributed by atoms with Crippen LogP contribution in [0, 0.1) is 0 Å². The Morgan fingerprint density at radius 1 is 1.27 bits per heavy atom. The molecular weight excluding hydrogens is 346 g/mol. The minimum Gasteiger partial charge on any atom is -0.497 e. The molecule has 1 fully saturated rings. The molecule has 0 bridgehead atoms. The second kappa shape index (κ2) is 9.05. The van der Waals surface area contributed by atoms with Gasteiger partial charge in [-0.05, 0) is 55.1 Å². The van der Waals surface area contributed by atoms with Gasteiger partial charge in [0.15, 0.2) is 0 Å². The Morgan fingerprint density at radius 3 is 2.58 bits per heavy atom. The highest BCUT2D eigenvalue weighted by molar-refractivity contribution is 7.09. The Kier molecular flexibility index (Phi) is 6.52. The van der Waals surface area contributed by atoms with Gasteiger partial charge in [-0.1, -0.05) is 13.0 Å². The van der Waals surface area contributed by atoms with Crippen molar-refractivity contribution in [2.24, 2.45) is 0 Å². The Labute approximate surface area is 159 Å². The fourth-order valence-corrected chi connectivity index (χ4v) is 4.06. The zero-order valence-electron chi connectivity index (χ0n) is 15.5. The van der Waals surface area contributed by atoms with E-state index in [1.54, 1.807) is 18.4 Å². The second-order valence-electron chi connectivity index (χ2n) is 6.53. The lowest BCUT2D eigenvalue weighted by atomic mass is 10.0. The lowest BCUT2D eigenvalue weighted by Crippen LogP contribution is -2.48. The minimum atomic E-state index is -0.0292. The molecule has 140 valence electrons. The van der Waals surface area contributed by atoms with Crippen LogP contribution in [-0.4, -0.2) is 48.6 Å². The molecule has 1 aliphatic heterocycles. The Hall–Kier alpha value is -2.05. The average molecular weight is 374 g/mol. The molecule has 0 radical (unpaired) electrons. The van der Waals surface area contributed by atoms with Gasteiger partial charge in [0.05, 0.1) is 13.7 Å². The van der Waals surface area contributed by atoms with Gasteiger partial charge in [0.1, 0.15) is 5.75 Å². The van der Waals surface area contributed by atoms with Gasteiger partial charge in [0, 0.05) is 29.7 Å². The summed E-state index contributed by atoms with van der Waals surface area (Å²) in [6, 6.07) is 11.9. The smallest absolute Gasteiger partial charge is 0.322 e. The van der Waals surface area contributed by atoms with Gasteiger partial charge in [0.25, 0.3) is 0 Å². The number of thiophene rings is 1. The van der Waals surface area contributed by atoms with Crippen LogP contribution in [0.25, 0.3) is 0 Å². The molecule has 1 aromatic carbocycles. The molecule has 5 nitrogen and oxygen atoms in total. The predicted molar refractivity (Wildman–Crippen MR) is 107 cm³/mol. The first-order chi connectivity index (χ1) is 12.7. The molecule has 6 heteroatoms. The van der Waals surface area contributed by atoms with Crippen LogP contribution in [0.5, 0.6) is 5.75 Å². The summed E-state index contributed by atoms with van der Waals surface area (Å²) in [6.45, 7) is 6.04. The molecule has 0 aliphatic carbocycles. The summed E-state index contributed by atoms with van der Waals surface area (Å²) >= 11 is 1.70. The van der Waals surface area contributed by atoms with Gasteiger partial charge in [-0.3, -0.25) is 0 Å². The highest BCUT2D eigenvalue weighted by atomic mass is 32.1. The third-order valence-corrected chi connectivity index (χ3v) is 5.81. The Morgan fingerprint density at radius 2 is 2.00 bits per heavy atom. The highest BCUT2D eigenvalue weighted by Gasteiger charge is 2.28. The first kappa shape index (κ1) is 18.7. The van der Waals surface area contributed by atoms with Crippen molar-refractivity contribution < 1.29 is 9.53 Å². The van der Waals surface area contributed by atoms with Crippen molar-refractivity contribution in [2.45, 2.75) is 32.4 Å². The topological polar surface area (TPSA) is 44.8 Å². The molecule has 26 heavy (non-hydrogen) atoms. The number of piperidine rings is 1. The monoisotopic (exact) mass is 373 g/mol. The molecule has 1 aromatic heterocycles. The molecule has 2 aromatic rings. The Bertz CT molecular complexity index is 680. The van der Waals surface area contributed by atoms with Crippen molar-refractivity contribution in [3.63, 3.8) is 0 Å². The lowest BCUT2D eigenvalue weighted by molar-refractivity contribution is 0.127. The number of amides is 2. The summed E-state index contributed by atoms with van der Waals surface area (Å²) in [6.07, 6.45) is 2.05. The summed E-state index contributed by atoms with van der Waals surface area (Å²) in [4.78, 5) is 18.7. The molecule has 0 unspecified atom stereocenters. The number of rotatable bonds is 6. The van der Waals surface area contributed by atoms with Gasteiger partial charge in [-0.2, -0.15) is 0 Å². The van der Waals surface area contributed by atoms with E-state index in [-0.39, 0.29) is 12.1 Å². The van der Waals surface area contributed by atoms with Crippen molar-refractivity contribution >= 4 is 23.1 Å². The number of hydrogen-bond acceptors (Lipinski definition) is 4. The quantitative estimate of drug-likeness (QED) is 0.822. The van der Waals surface area contributed by atoms with E-state index in [1.165, 1.54) is 4.88 Å². The number of carbonyl (C=O) groups excluding carboxylic acids is 1. The van der Waals surface area contributed by atoms with Crippen molar-refractivity contribution in [2.75, 3.05) is 32.1 Å². The average Bonchev–Trinajstić information content (AvgIpc) is 3.20.